The monoisotopic (exact) mass is 307 g/mol. The molecule has 4 nitrogen and oxygen atoms in total. The first-order valence-electron chi connectivity index (χ1n) is 7.87. The molecule has 3 aromatic rings. The smallest absolute Gasteiger partial charge is 0.224 e. The lowest BCUT2D eigenvalue weighted by Crippen LogP contribution is -2.14. The fourth-order valence-corrected chi connectivity index (χ4v) is 2.56. The molecular weight excluding hydrogens is 286 g/mol. The van der Waals surface area contributed by atoms with Crippen molar-refractivity contribution in [3.05, 3.63) is 54.4 Å². The second-order valence-corrected chi connectivity index (χ2v) is 6.27. The topological polar surface area (TPSA) is 46.4 Å². The molecule has 0 spiro atoms. The van der Waals surface area contributed by atoms with E-state index in [4.69, 9.17) is 0 Å². The quantitative estimate of drug-likeness (QED) is 0.781. The summed E-state index contributed by atoms with van der Waals surface area (Å²) in [6, 6.07) is 12.0. The number of carbonyl (C=O) groups is 1. The average Bonchev–Trinajstić information content (AvgIpc) is 2.92. The largest absolute Gasteiger partial charge is 0.326 e. The fraction of sp³-hybridized carbons (Fsp3) is 0.263. The van der Waals surface area contributed by atoms with Crippen LogP contribution in [-0.4, -0.2) is 15.3 Å². The van der Waals surface area contributed by atoms with Gasteiger partial charge in [0.1, 0.15) is 5.65 Å². The molecule has 0 aliphatic heterocycles. The standard InChI is InChI=1S/C19H21N3O/c1-13(2)10-19(23)21-16-11-15(8-7-14(16)3)17-12-22-9-5-4-6-18(22)20-17/h4-9,11-13H,10H2,1-3H3,(H,21,23). The Morgan fingerprint density at radius 1 is 1.26 bits per heavy atom. The highest BCUT2D eigenvalue weighted by molar-refractivity contribution is 5.92. The normalized spacial score (nSPS) is 11.1. The van der Waals surface area contributed by atoms with Crippen molar-refractivity contribution in [2.75, 3.05) is 5.32 Å². The van der Waals surface area contributed by atoms with E-state index in [2.05, 4.69) is 10.3 Å². The molecule has 4 heteroatoms. The molecule has 0 aliphatic rings. The van der Waals surface area contributed by atoms with Gasteiger partial charge in [0.05, 0.1) is 5.69 Å². The van der Waals surface area contributed by atoms with Crippen molar-refractivity contribution in [2.45, 2.75) is 27.2 Å². The van der Waals surface area contributed by atoms with Crippen molar-refractivity contribution in [2.24, 2.45) is 5.92 Å². The summed E-state index contributed by atoms with van der Waals surface area (Å²) in [4.78, 5) is 16.7. The molecule has 0 bridgehead atoms. The van der Waals surface area contributed by atoms with Gasteiger partial charge in [-0.05, 0) is 36.6 Å². The number of aromatic nitrogens is 2. The van der Waals surface area contributed by atoms with E-state index in [0.717, 1.165) is 28.2 Å². The molecule has 1 aromatic carbocycles. The summed E-state index contributed by atoms with van der Waals surface area (Å²) in [5.74, 6) is 0.396. The third-order valence-electron chi connectivity index (χ3n) is 3.77. The molecule has 0 saturated carbocycles. The van der Waals surface area contributed by atoms with Crippen LogP contribution in [-0.2, 0) is 4.79 Å². The Hall–Kier alpha value is -2.62. The van der Waals surface area contributed by atoms with E-state index in [0.29, 0.717) is 12.3 Å². The number of pyridine rings is 1. The summed E-state index contributed by atoms with van der Waals surface area (Å²) < 4.78 is 1.99. The summed E-state index contributed by atoms with van der Waals surface area (Å²) in [6.07, 6.45) is 4.50. The molecule has 0 radical (unpaired) electrons. The highest BCUT2D eigenvalue weighted by atomic mass is 16.1. The van der Waals surface area contributed by atoms with Crippen LogP contribution in [0.3, 0.4) is 0 Å². The zero-order chi connectivity index (χ0) is 16.4. The number of fused-ring (bicyclic) bond motifs is 1. The van der Waals surface area contributed by atoms with Gasteiger partial charge in [-0.15, -0.1) is 0 Å². The summed E-state index contributed by atoms with van der Waals surface area (Å²) in [5, 5.41) is 3.01. The number of hydrogen-bond acceptors (Lipinski definition) is 2. The lowest BCUT2D eigenvalue weighted by atomic mass is 10.1. The number of hydrogen-bond donors (Lipinski definition) is 1. The number of nitrogens with one attached hydrogen (secondary N) is 1. The molecule has 118 valence electrons. The Morgan fingerprint density at radius 2 is 2.09 bits per heavy atom. The SMILES string of the molecule is Cc1ccc(-c2cn3ccccc3n2)cc1NC(=O)CC(C)C. The van der Waals surface area contributed by atoms with Gasteiger partial charge in [-0.25, -0.2) is 4.98 Å². The van der Waals surface area contributed by atoms with E-state index in [1.807, 2.05) is 74.0 Å². The first-order valence-corrected chi connectivity index (χ1v) is 7.87. The van der Waals surface area contributed by atoms with Crippen LogP contribution in [0.5, 0.6) is 0 Å². The molecule has 2 aromatic heterocycles. The van der Waals surface area contributed by atoms with E-state index in [9.17, 15) is 4.79 Å². The minimum absolute atomic E-state index is 0.0512. The Labute approximate surface area is 136 Å². The maximum atomic E-state index is 12.0. The maximum absolute atomic E-state index is 12.0. The number of imidazole rings is 1. The summed E-state index contributed by atoms with van der Waals surface area (Å²) in [6.45, 7) is 6.08. The van der Waals surface area contributed by atoms with Crippen LogP contribution in [0.2, 0.25) is 0 Å². The number of benzene rings is 1. The molecule has 0 fully saturated rings. The molecule has 2 heterocycles. The van der Waals surface area contributed by atoms with Crippen molar-refractivity contribution in [3.8, 4) is 11.3 Å². The number of aryl methyl sites for hydroxylation is 1. The molecule has 0 saturated heterocycles. The van der Waals surface area contributed by atoms with Crippen LogP contribution in [0, 0.1) is 12.8 Å². The van der Waals surface area contributed by atoms with E-state index in [1.165, 1.54) is 0 Å². The summed E-state index contributed by atoms with van der Waals surface area (Å²) >= 11 is 0. The van der Waals surface area contributed by atoms with Gasteiger partial charge >= 0.3 is 0 Å². The van der Waals surface area contributed by atoms with Crippen molar-refractivity contribution in [1.82, 2.24) is 9.38 Å². The van der Waals surface area contributed by atoms with Gasteiger partial charge in [0, 0.05) is 30.1 Å². The molecule has 23 heavy (non-hydrogen) atoms. The van der Waals surface area contributed by atoms with E-state index in [-0.39, 0.29) is 5.91 Å². The van der Waals surface area contributed by atoms with Crippen molar-refractivity contribution < 1.29 is 4.79 Å². The predicted molar refractivity (Wildman–Crippen MR) is 93.4 cm³/mol. The maximum Gasteiger partial charge on any atom is 0.224 e. The minimum atomic E-state index is 0.0512. The van der Waals surface area contributed by atoms with Crippen LogP contribution in [0.25, 0.3) is 16.9 Å². The molecular formula is C19H21N3O. The Morgan fingerprint density at radius 3 is 2.83 bits per heavy atom. The van der Waals surface area contributed by atoms with E-state index < -0.39 is 0 Å². The molecule has 1 amide bonds. The van der Waals surface area contributed by atoms with Crippen molar-refractivity contribution in [3.63, 3.8) is 0 Å². The number of carbonyl (C=O) groups excluding carboxylic acids is 1. The Balaban J connectivity index is 1.91. The zero-order valence-corrected chi connectivity index (χ0v) is 13.7. The van der Waals surface area contributed by atoms with Crippen LogP contribution < -0.4 is 5.32 Å². The predicted octanol–water partition coefficient (Wildman–Crippen LogP) is 4.29. The van der Waals surface area contributed by atoms with Crippen molar-refractivity contribution in [1.29, 1.82) is 0 Å². The van der Waals surface area contributed by atoms with Gasteiger partial charge in [0.15, 0.2) is 0 Å². The average molecular weight is 307 g/mol. The van der Waals surface area contributed by atoms with Gasteiger partial charge in [-0.3, -0.25) is 4.79 Å². The Bertz CT molecular complexity index is 816. The molecule has 0 unspecified atom stereocenters. The number of rotatable bonds is 4. The fourth-order valence-electron chi connectivity index (χ4n) is 2.56. The third-order valence-corrected chi connectivity index (χ3v) is 3.77. The summed E-state index contributed by atoms with van der Waals surface area (Å²) in [5.41, 5.74) is 4.71. The molecule has 3 rings (SSSR count). The number of anilines is 1. The third kappa shape index (κ3) is 3.42. The summed E-state index contributed by atoms with van der Waals surface area (Å²) in [7, 11) is 0. The zero-order valence-electron chi connectivity index (χ0n) is 13.7. The van der Waals surface area contributed by atoms with Gasteiger partial charge in [-0.1, -0.05) is 32.0 Å². The van der Waals surface area contributed by atoms with E-state index >= 15 is 0 Å². The van der Waals surface area contributed by atoms with Crippen LogP contribution in [0.15, 0.2) is 48.8 Å². The first-order chi connectivity index (χ1) is 11.0. The molecule has 0 atom stereocenters. The number of nitrogens with zero attached hydrogens (tertiary/aromatic N) is 2. The lowest BCUT2D eigenvalue weighted by Gasteiger charge is -2.11. The first kappa shape index (κ1) is 15.3. The van der Waals surface area contributed by atoms with E-state index in [1.54, 1.807) is 0 Å². The second-order valence-electron chi connectivity index (χ2n) is 6.27. The van der Waals surface area contributed by atoms with Crippen LogP contribution in [0.4, 0.5) is 5.69 Å². The van der Waals surface area contributed by atoms with Crippen LogP contribution in [0.1, 0.15) is 25.8 Å². The molecule has 0 aliphatic carbocycles. The molecule has 1 N–H and O–H groups in total. The second kappa shape index (κ2) is 6.24. The highest BCUT2D eigenvalue weighted by Crippen LogP contribution is 2.25. The van der Waals surface area contributed by atoms with Crippen molar-refractivity contribution >= 4 is 17.2 Å². The Kier molecular flexibility index (Phi) is 4.15. The highest BCUT2D eigenvalue weighted by Gasteiger charge is 2.10. The number of amides is 1. The van der Waals surface area contributed by atoms with Crippen LogP contribution >= 0.6 is 0 Å². The minimum Gasteiger partial charge on any atom is -0.326 e. The van der Waals surface area contributed by atoms with Gasteiger partial charge in [0.25, 0.3) is 0 Å². The lowest BCUT2D eigenvalue weighted by molar-refractivity contribution is -0.116. The van der Waals surface area contributed by atoms with Gasteiger partial charge < -0.3 is 9.72 Å². The van der Waals surface area contributed by atoms with Gasteiger partial charge in [-0.2, -0.15) is 0 Å². The van der Waals surface area contributed by atoms with Gasteiger partial charge in [0.2, 0.25) is 5.91 Å².